The van der Waals surface area contributed by atoms with Crippen molar-refractivity contribution in [2.45, 2.75) is 53.4 Å². The first-order valence-electron chi connectivity index (χ1n) is 13.3. The van der Waals surface area contributed by atoms with Crippen LogP contribution in [0.5, 0.6) is 0 Å². The molecule has 0 atom stereocenters. The van der Waals surface area contributed by atoms with Gasteiger partial charge >= 0.3 is 0 Å². The number of amides is 1. The number of fused-ring (bicyclic) bond motifs is 1. The minimum absolute atomic E-state index is 0.143. The molecule has 8 heteroatoms. The van der Waals surface area contributed by atoms with Crippen LogP contribution in [0.1, 0.15) is 61.5 Å². The molecule has 3 aromatic rings. The third kappa shape index (κ3) is 7.60. The van der Waals surface area contributed by atoms with E-state index in [9.17, 15) is 4.79 Å². The van der Waals surface area contributed by atoms with Crippen LogP contribution in [0.4, 0.5) is 5.82 Å². The molecule has 4 rings (SSSR count). The molecule has 0 spiro atoms. The quantitative estimate of drug-likeness (QED) is 0.403. The summed E-state index contributed by atoms with van der Waals surface area (Å²) in [6.07, 6.45) is 12.2. The number of nitrogens with one attached hydrogen (secondary N) is 1. The Bertz CT molecular complexity index is 1300. The third-order valence-electron chi connectivity index (χ3n) is 6.66. The number of para-hydroxylation sites is 1. The highest BCUT2D eigenvalue weighted by atomic mass is 16.2. The van der Waals surface area contributed by atoms with Gasteiger partial charge in [0, 0.05) is 26.0 Å². The van der Waals surface area contributed by atoms with Crippen molar-refractivity contribution in [3.8, 4) is 0 Å². The summed E-state index contributed by atoms with van der Waals surface area (Å²) in [6.45, 7) is 12.4. The summed E-state index contributed by atoms with van der Waals surface area (Å²) < 4.78 is 0. The fraction of sp³-hybridized carbons (Fsp3) is 0.433. The van der Waals surface area contributed by atoms with Crippen molar-refractivity contribution in [2.75, 3.05) is 25.5 Å². The zero-order chi connectivity index (χ0) is 27.7. The first-order valence-corrected chi connectivity index (χ1v) is 13.3. The number of rotatable bonds is 7. The molecule has 8 nitrogen and oxygen atoms in total. The van der Waals surface area contributed by atoms with Crippen LogP contribution < -0.4 is 10.2 Å². The molecule has 1 fully saturated rings. The molecule has 1 N–H and O–H groups in total. The number of aromatic nitrogens is 5. The van der Waals surface area contributed by atoms with Crippen LogP contribution in [0, 0.1) is 25.7 Å². The monoisotopic (exact) mass is 515 g/mol. The average Bonchev–Trinajstić information content (AvgIpc) is 3.29. The highest BCUT2D eigenvalue weighted by molar-refractivity contribution is 5.93. The summed E-state index contributed by atoms with van der Waals surface area (Å²) in [6, 6.07) is 8.06. The minimum Gasteiger partial charge on any atom is -0.362 e. The van der Waals surface area contributed by atoms with Crippen molar-refractivity contribution in [3.05, 3.63) is 72.4 Å². The Morgan fingerprint density at radius 2 is 1.84 bits per heavy atom. The summed E-state index contributed by atoms with van der Waals surface area (Å²) >= 11 is 0. The van der Waals surface area contributed by atoms with Crippen molar-refractivity contribution in [1.82, 2.24) is 30.3 Å². The van der Waals surface area contributed by atoms with E-state index in [-0.39, 0.29) is 5.91 Å². The van der Waals surface area contributed by atoms with E-state index in [1.165, 1.54) is 30.5 Å². The first-order chi connectivity index (χ1) is 18.2. The van der Waals surface area contributed by atoms with Gasteiger partial charge in [0.15, 0.2) is 5.69 Å². The molecule has 202 valence electrons. The van der Waals surface area contributed by atoms with Gasteiger partial charge in [-0.25, -0.2) is 9.97 Å². The lowest BCUT2D eigenvalue weighted by atomic mass is 9.83. The van der Waals surface area contributed by atoms with E-state index in [0.29, 0.717) is 17.3 Å². The zero-order valence-corrected chi connectivity index (χ0v) is 23.6. The summed E-state index contributed by atoms with van der Waals surface area (Å²) in [5.41, 5.74) is 2.79. The van der Waals surface area contributed by atoms with Crippen LogP contribution in [0.25, 0.3) is 16.6 Å². The SMILES string of the molecule is C=C/C=C(\C=C/C)n1nc(C)c(C(=O)NCC2CCC(C)CC2)n1.Cc1nc(N(C)C)c2ccccc2n1. The molecule has 1 aliphatic carbocycles. The molecule has 2 aromatic heterocycles. The van der Waals surface area contributed by atoms with Crippen LogP contribution in [0.15, 0.2) is 55.1 Å². The molecule has 2 heterocycles. The predicted octanol–water partition coefficient (Wildman–Crippen LogP) is 5.75. The molecule has 0 bridgehead atoms. The van der Waals surface area contributed by atoms with Gasteiger partial charge in [0.05, 0.1) is 16.9 Å². The lowest BCUT2D eigenvalue weighted by Gasteiger charge is -2.26. The average molecular weight is 516 g/mol. The number of hydrogen-bond donors (Lipinski definition) is 1. The molecule has 1 amide bonds. The minimum atomic E-state index is -0.143. The summed E-state index contributed by atoms with van der Waals surface area (Å²) in [5, 5.41) is 12.8. The predicted molar refractivity (Wildman–Crippen MR) is 156 cm³/mol. The maximum Gasteiger partial charge on any atom is 0.273 e. The Kier molecular flexibility index (Phi) is 10.3. The second-order valence-corrected chi connectivity index (χ2v) is 10.1. The van der Waals surface area contributed by atoms with E-state index in [1.54, 1.807) is 6.08 Å². The molecule has 1 aliphatic rings. The Morgan fingerprint density at radius 3 is 2.50 bits per heavy atom. The van der Waals surface area contributed by atoms with Crippen LogP contribution >= 0.6 is 0 Å². The van der Waals surface area contributed by atoms with E-state index >= 15 is 0 Å². The van der Waals surface area contributed by atoms with Gasteiger partial charge in [-0.05, 0) is 69.7 Å². The molecule has 0 unspecified atom stereocenters. The highest BCUT2D eigenvalue weighted by Gasteiger charge is 2.21. The second kappa shape index (κ2) is 13.7. The topological polar surface area (TPSA) is 88.8 Å². The first kappa shape index (κ1) is 28.8. The van der Waals surface area contributed by atoms with Crippen LogP contribution in [0.3, 0.4) is 0 Å². The maximum absolute atomic E-state index is 12.4. The van der Waals surface area contributed by atoms with Crippen LogP contribution in [-0.2, 0) is 0 Å². The van der Waals surface area contributed by atoms with Gasteiger partial charge in [-0.1, -0.05) is 50.6 Å². The number of aryl methyl sites for hydroxylation is 2. The van der Waals surface area contributed by atoms with E-state index in [1.807, 2.05) is 82.3 Å². The Labute approximate surface area is 226 Å². The van der Waals surface area contributed by atoms with Gasteiger partial charge < -0.3 is 10.2 Å². The number of carbonyl (C=O) groups is 1. The van der Waals surface area contributed by atoms with Crippen LogP contribution in [-0.4, -0.2) is 51.5 Å². The second-order valence-electron chi connectivity index (χ2n) is 10.1. The Morgan fingerprint density at radius 1 is 1.13 bits per heavy atom. The standard InChI is InChI=1S/C19H28N4O.C11H13N3/c1-5-7-17(8-6-2)23-21-15(4)18(22-23)19(24)20-13-16-11-9-14(3)10-12-16;1-8-12-10-7-5-4-6-9(10)11(13-8)14(2)3/h5-8,14,16H,1,9-13H2,2-4H3,(H,20,24);4-7H,1-3H3/b8-6-,17-7+;. The number of allylic oxidation sites excluding steroid dienone is 5. The lowest BCUT2D eigenvalue weighted by Crippen LogP contribution is -2.31. The number of carbonyl (C=O) groups excluding carboxylic acids is 1. The number of hydrogen-bond acceptors (Lipinski definition) is 6. The third-order valence-corrected chi connectivity index (χ3v) is 6.66. The smallest absolute Gasteiger partial charge is 0.273 e. The van der Waals surface area contributed by atoms with Gasteiger partial charge in [-0.15, -0.1) is 5.10 Å². The van der Waals surface area contributed by atoms with Gasteiger partial charge in [0.25, 0.3) is 5.91 Å². The van der Waals surface area contributed by atoms with Crippen molar-refractivity contribution in [1.29, 1.82) is 0 Å². The number of benzene rings is 1. The van der Waals surface area contributed by atoms with Gasteiger partial charge in [-0.2, -0.15) is 9.90 Å². The van der Waals surface area contributed by atoms with Crippen LogP contribution in [0.2, 0.25) is 0 Å². The van der Waals surface area contributed by atoms with Crippen molar-refractivity contribution < 1.29 is 4.79 Å². The van der Waals surface area contributed by atoms with Gasteiger partial charge in [0.2, 0.25) is 0 Å². The lowest BCUT2D eigenvalue weighted by molar-refractivity contribution is 0.0936. The molecule has 38 heavy (non-hydrogen) atoms. The van der Waals surface area contributed by atoms with E-state index in [0.717, 1.165) is 40.7 Å². The molecular weight excluding hydrogens is 474 g/mol. The molecule has 1 saturated carbocycles. The summed E-state index contributed by atoms with van der Waals surface area (Å²) in [5.74, 6) is 3.05. The van der Waals surface area contributed by atoms with Crippen molar-refractivity contribution >= 4 is 28.3 Å². The number of nitrogens with zero attached hydrogens (tertiary/aromatic N) is 6. The molecular formula is C30H41N7O. The van der Waals surface area contributed by atoms with E-state index < -0.39 is 0 Å². The molecule has 0 radical (unpaired) electrons. The molecule has 1 aromatic carbocycles. The molecule has 0 saturated heterocycles. The zero-order valence-electron chi connectivity index (χ0n) is 23.6. The van der Waals surface area contributed by atoms with E-state index in [4.69, 9.17) is 0 Å². The fourth-order valence-electron chi connectivity index (χ4n) is 4.55. The van der Waals surface area contributed by atoms with E-state index in [2.05, 4.69) is 39.0 Å². The summed E-state index contributed by atoms with van der Waals surface area (Å²) in [7, 11) is 3.99. The van der Waals surface area contributed by atoms with Gasteiger partial charge in [0.1, 0.15) is 11.6 Å². The fourth-order valence-corrected chi connectivity index (χ4v) is 4.55. The number of anilines is 1. The van der Waals surface area contributed by atoms with Gasteiger partial charge in [-0.3, -0.25) is 4.79 Å². The normalized spacial score (nSPS) is 17.7. The largest absolute Gasteiger partial charge is 0.362 e. The molecule has 0 aliphatic heterocycles. The Balaban J connectivity index is 0.000000241. The Hall–Kier alpha value is -3.81. The van der Waals surface area contributed by atoms with Crippen molar-refractivity contribution in [2.24, 2.45) is 11.8 Å². The van der Waals surface area contributed by atoms with Crippen molar-refractivity contribution in [3.63, 3.8) is 0 Å². The maximum atomic E-state index is 12.4. The summed E-state index contributed by atoms with van der Waals surface area (Å²) in [4.78, 5) is 24.7. The highest BCUT2D eigenvalue weighted by Crippen LogP contribution is 2.27.